The van der Waals surface area contributed by atoms with Crippen molar-refractivity contribution < 1.29 is 4.79 Å². The lowest BCUT2D eigenvalue weighted by molar-refractivity contribution is -0.118. The van der Waals surface area contributed by atoms with Crippen molar-refractivity contribution in [2.24, 2.45) is 0 Å². The third-order valence-electron chi connectivity index (χ3n) is 4.45. The number of rotatable bonds is 5. The standard InChI is InChI=1S/C15H30N4O/c1-14(2)19-10-8-18(9-11-19)13-17-6-4-16(5-7-17)12-15(3)20/h14H,4-13H2,1-3H3. The normalized spacial score (nSPS) is 24.4. The predicted octanol–water partition coefficient (Wildman–Crippen LogP) is 0.177. The molecule has 0 aromatic heterocycles. The molecule has 0 saturated carbocycles. The van der Waals surface area contributed by atoms with Crippen molar-refractivity contribution in [2.45, 2.75) is 26.8 Å². The van der Waals surface area contributed by atoms with Crippen molar-refractivity contribution in [3.8, 4) is 0 Å². The van der Waals surface area contributed by atoms with Crippen LogP contribution in [-0.2, 0) is 4.79 Å². The number of nitrogens with zero attached hydrogens (tertiary/aromatic N) is 4. The summed E-state index contributed by atoms with van der Waals surface area (Å²) in [5, 5.41) is 0. The Morgan fingerprint density at radius 3 is 1.75 bits per heavy atom. The van der Waals surface area contributed by atoms with Crippen LogP contribution >= 0.6 is 0 Å². The quantitative estimate of drug-likeness (QED) is 0.718. The fraction of sp³-hybridized carbons (Fsp3) is 0.933. The van der Waals surface area contributed by atoms with Gasteiger partial charge < -0.3 is 0 Å². The molecule has 0 aromatic rings. The van der Waals surface area contributed by atoms with Crippen molar-refractivity contribution in [2.75, 3.05) is 65.6 Å². The Bertz CT molecular complexity index is 305. The van der Waals surface area contributed by atoms with Gasteiger partial charge in [0, 0.05) is 58.4 Å². The molecule has 2 rings (SSSR count). The van der Waals surface area contributed by atoms with E-state index in [0.29, 0.717) is 12.6 Å². The van der Waals surface area contributed by atoms with Crippen LogP contribution in [0.25, 0.3) is 0 Å². The van der Waals surface area contributed by atoms with Gasteiger partial charge in [0.25, 0.3) is 0 Å². The Labute approximate surface area is 123 Å². The summed E-state index contributed by atoms with van der Waals surface area (Å²) in [5.41, 5.74) is 0. The molecule has 0 radical (unpaired) electrons. The van der Waals surface area contributed by atoms with Crippen LogP contribution in [-0.4, -0.2) is 97.0 Å². The van der Waals surface area contributed by atoms with Gasteiger partial charge >= 0.3 is 0 Å². The largest absolute Gasteiger partial charge is 0.299 e. The van der Waals surface area contributed by atoms with Gasteiger partial charge in [-0.15, -0.1) is 0 Å². The molecule has 0 aromatic carbocycles. The van der Waals surface area contributed by atoms with Crippen LogP contribution in [0.5, 0.6) is 0 Å². The molecule has 5 heteroatoms. The van der Waals surface area contributed by atoms with Crippen molar-refractivity contribution in [1.82, 2.24) is 19.6 Å². The van der Waals surface area contributed by atoms with Gasteiger partial charge in [-0.2, -0.15) is 0 Å². The molecule has 116 valence electrons. The fourth-order valence-electron chi connectivity index (χ4n) is 3.11. The first-order valence-corrected chi connectivity index (χ1v) is 7.95. The lowest BCUT2D eigenvalue weighted by Crippen LogP contribution is -2.55. The van der Waals surface area contributed by atoms with Gasteiger partial charge in [0.15, 0.2) is 0 Å². The van der Waals surface area contributed by atoms with Crippen LogP contribution in [0.15, 0.2) is 0 Å². The van der Waals surface area contributed by atoms with E-state index in [2.05, 4.69) is 33.4 Å². The molecule has 2 aliphatic heterocycles. The molecule has 0 N–H and O–H groups in total. The number of carbonyl (C=O) groups excluding carboxylic acids is 1. The van der Waals surface area contributed by atoms with Gasteiger partial charge in [-0.05, 0) is 20.8 Å². The maximum atomic E-state index is 11.1. The molecule has 2 saturated heterocycles. The minimum Gasteiger partial charge on any atom is -0.299 e. The van der Waals surface area contributed by atoms with E-state index in [0.717, 1.165) is 32.8 Å². The molecule has 0 unspecified atom stereocenters. The second kappa shape index (κ2) is 7.50. The zero-order chi connectivity index (χ0) is 14.5. The summed E-state index contributed by atoms with van der Waals surface area (Å²) in [7, 11) is 0. The van der Waals surface area contributed by atoms with Crippen LogP contribution in [0.4, 0.5) is 0 Å². The first-order chi connectivity index (χ1) is 9.54. The van der Waals surface area contributed by atoms with Gasteiger partial charge in [0.05, 0.1) is 13.2 Å². The minimum absolute atomic E-state index is 0.281. The van der Waals surface area contributed by atoms with Crippen LogP contribution in [0, 0.1) is 0 Å². The number of piperazine rings is 2. The summed E-state index contributed by atoms with van der Waals surface area (Å²) in [6, 6.07) is 0.673. The summed E-state index contributed by atoms with van der Waals surface area (Å²) >= 11 is 0. The monoisotopic (exact) mass is 282 g/mol. The molecule has 0 bridgehead atoms. The maximum Gasteiger partial charge on any atom is 0.143 e. The Balaban J connectivity index is 1.65. The summed E-state index contributed by atoms with van der Waals surface area (Å²) in [6.45, 7) is 17.0. The van der Waals surface area contributed by atoms with Gasteiger partial charge in [0.1, 0.15) is 5.78 Å². The molecule has 2 aliphatic rings. The van der Waals surface area contributed by atoms with Crippen molar-refractivity contribution in [3.63, 3.8) is 0 Å². The number of ketones is 1. The molecule has 0 amide bonds. The average molecular weight is 282 g/mol. The van der Waals surface area contributed by atoms with Gasteiger partial charge in [-0.25, -0.2) is 0 Å². The Kier molecular flexibility index (Phi) is 5.96. The molecule has 0 atom stereocenters. The SMILES string of the molecule is CC(=O)CN1CCN(CN2CCN(C(C)C)CC2)CC1. The predicted molar refractivity (Wildman–Crippen MR) is 81.8 cm³/mol. The molecule has 2 fully saturated rings. The molecule has 5 nitrogen and oxygen atoms in total. The van der Waals surface area contributed by atoms with Crippen molar-refractivity contribution in [3.05, 3.63) is 0 Å². The van der Waals surface area contributed by atoms with Crippen molar-refractivity contribution >= 4 is 5.78 Å². The Morgan fingerprint density at radius 2 is 1.30 bits per heavy atom. The number of hydrogen-bond donors (Lipinski definition) is 0. The summed E-state index contributed by atoms with van der Waals surface area (Å²) in [4.78, 5) is 21.1. The van der Waals surface area contributed by atoms with Crippen LogP contribution < -0.4 is 0 Å². The smallest absolute Gasteiger partial charge is 0.143 e. The second-order valence-electron chi connectivity index (χ2n) is 6.49. The van der Waals surface area contributed by atoms with E-state index >= 15 is 0 Å². The third-order valence-corrected chi connectivity index (χ3v) is 4.45. The highest BCUT2D eigenvalue weighted by atomic mass is 16.1. The molecule has 20 heavy (non-hydrogen) atoms. The van der Waals surface area contributed by atoms with E-state index in [1.807, 2.05) is 0 Å². The third kappa shape index (κ3) is 4.81. The summed E-state index contributed by atoms with van der Waals surface area (Å²) in [5.74, 6) is 0.281. The van der Waals surface area contributed by atoms with E-state index in [-0.39, 0.29) is 5.78 Å². The van der Waals surface area contributed by atoms with E-state index in [4.69, 9.17) is 0 Å². The average Bonchev–Trinajstić information content (AvgIpc) is 2.41. The zero-order valence-corrected chi connectivity index (χ0v) is 13.3. The van der Waals surface area contributed by atoms with E-state index in [1.165, 1.54) is 26.2 Å². The maximum absolute atomic E-state index is 11.1. The minimum atomic E-state index is 0.281. The molecular weight excluding hydrogens is 252 g/mol. The second-order valence-corrected chi connectivity index (χ2v) is 6.49. The summed E-state index contributed by atoms with van der Waals surface area (Å²) < 4.78 is 0. The highest BCUT2D eigenvalue weighted by Crippen LogP contribution is 2.08. The Hall–Kier alpha value is -0.490. The highest BCUT2D eigenvalue weighted by molar-refractivity contribution is 5.77. The molecule has 2 heterocycles. The van der Waals surface area contributed by atoms with Gasteiger partial charge in [0.2, 0.25) is 0 Å². The fourth-order valence-corrected chi connectivity index (χ4v) is 3.11. The van der Waals surface area contributed by atoms with Crippen LogP contribution in [0.3, 0.4) is 0 Å². The number of carbonyl (C=O) groups is 1. The number of Topliss-reactive ketones (excluding diaryl/α,β-unsaturated/α-hetero) is 1. The Morgan fingerprint density at radius 1 is 0.850 bits per heavy atom. The van der Waals surface area contributed by atoms with E-state index in [1.54, 1.807) is 6.92 Å². The van der Waals surface area contributed by atoms with E-state index in [9.17, 15) is 4.79 Å². The van der Waals surface area contributed by atoms with Gasteiger partial charge in [-0.3, -0.25) is 24.4 Å². The topological polar surface area (TPSA) is 30.0 Å². The molecule has 0 spiro atoms. The number of hydrogen-bond acceptors (Lipinski definition) is 5. The first kappa shape index (κ1) is 15.9. The molecular formula is C15H30N4O. The first-order valence-electron chi connectivity index (χ1n) is 7.95. The van der Waals surface area contributed by atoms with Crippen LogP contribution in [0.1, 0.15) is 20.8 Å². The van der Waals surface area contributed by atoms with Crippen molar-refractivity contribution in [1.29, 1.82) is 0 Å². The van der Waals surface area contributed by atoms with Crippen LogP contribution in [0.2, 0.25) is 0 Å². The lowest BCUT2D eigenvalue weighted by atomic mass is 10.2. The molecule has 0 aliphatic carbocycles. The zero-order valence-electron chi connectivity index (χ0n) is 13.3. The van der Waals surface area contributed by atoms with Gasteiger partial charge in [-0.1, -0.05) is 0 Å². The van der Waals surface area contributed by atoms with E-state index < -0.39 is 0 Å². The highest BCUT2D eigenvalue weighted by Gasteiger charge is 2.23. The lowest BCUT2D eigenvalue weighted by Gasteiger charge is -2.41. The summed E-state index contributed by atoms with van der Waals surface area (Å²) in [6.07, 6.45) is 0.